The molecule has 4 nitrogen and oxygen atoms in total. The number of aromatic nitrogens is 1. The fraction of sp³-hybridized carbons (Fsp3) is 0.538. The van der Waals surface area contributed by atoms with Crippen LogP contribution in [0, 0.1) is 18.3 Å². The number of morpholine rings is 1. The van der Waals surface area contributed by atoms with Gasteiger partial charge in [-0.05, 0) is 37.9 Å². The first-order chi connectivity index (χ1) is 8.51. The molecule has 1 fully saturated rings. The molecule has 1 N–H and O–H groups in total. The summed E-state index contributed by atoms with van der Waals surface area (Å²) in [5, 5.41) is 9.40. The maximum atomic E-state index is 9.00. The van der Waals surface area contributed by atoms with Gasteiger partial charge in [0.2, 0.25) is 5.15 Å². The second-order valence-corrected chi connectivity index (χ2v) is 5.18. The first-order valence-electron chi connectivity index (χ1n) is 6.04. The number of hydrogen-bond donors (Lipinski definition) is 0. The zero-order chi connectivity index (χ0) is 13.3. The third-order valence-corrected chi connectivity index (χ3v) is 3.36. The van der Waals surface area contributed by atoms with Crippen LogP contribution in [0.1, 0.15) is 25.0 Å². The average molecular weight is 267 g/mol. The highest BCUT2D eigenvalue weighted by atomic mass is 35.5. The Balaban J connectivity index is 2.32. The van der Waals surface area contributed by atoms with Gasteiger partial charge in [0.15, 0.2) is 0 Å². The molecule has 0 aromatic carbocycles. The van der Waals surface area contributed by atoms with Crippen LogP contribution in [0.2, 0.25) is 5.15 Å². The van der Waals surface area contributed by atoms with Crippen molar-refractivity contribution < 1.29 is 9.72 Å². The van der Waals surface area contributed by atoms with E-state index in [9.17, 15) is 0 Å². The van der Waals surface area contributed by atoms with E-state index in [0.29, 0.717) is 10.7 Å². The Kier molecular flexibility index (Phi) is 3.74. The summed E-state index contributed by atoms with van der Waals surface area (Å²) in [4.78, 5) is 5.30. The zero-order valence-corrected chi connectivity index (χ0v) is 11.6. The lowest BCUT2D eigenvalue weighted by molar-refractivity contribution is -0.362. The number of aromatic amines is 1. The molecule has 96 valence electrons. The number of pyridine rings is 1. The van der Waals surface area contributed by atoms with E-state index in [0.717, 1.165) is 24.5 Å². The van der Waals surface area contributed by atoms with Crippen LogP contribution in [0.4, 0.5) is 5.82 Å². The summed E-state index contributed by atoms with van der Waals surface area (Å²) < 4.78 is 5.70. The first kappa shape index (κ1) is 13.1. The molecule has 1 aliphatic heterocycles. The Morgan fingerprint density at radius 2 is 2.06 bits per heavy atom. The van der Waals surface area contributed by atoms with Crippen LogP contribution in [-0.2, 0) is 4.74 Å². The second kappa shape index (κ2) is 5.13. The van der Waals surface area contributed by atoms with Crippen LogP contribution in [0.3, 0.4) is 0 Å². The lowest BCUT2D eigenvalue weighted by Gasteiger charge is -2.31. The highest BCUT2D eigenvalue weighted by Crippen LogP contribution is 2.21. The molecule has 0 radical (unpaired) electrons. The maximum absolute atomic E-state index is 9.00. The highest BCUT2D eigenvalue weighted by molar-refractivity contribution is 6.29. The van der Waals surface area contributed by atoms with E-state index in [1.165, 1.54) is 0 Å². The van der Waals surface area contributed by atoms with Gasteiger partial charge in [0, 0.05) is 6.07 Å². The van der Waals surface area contributed by atoms with Crippen molar-refractivity contribution in [2.45, 2.75) is 33.0 Å². The van der Waals surface area contributed by atoms with E-state index in [1.807, 2.05) is 13.0 Å². The number of aryl methyl sites for hydroxylation is 1. The normalized spacial score (nSPS) is 23.8. The van der Waals surface area contributed by atoms with Crippen molar-refractivity contribution in [3.8, 4) is 6.07 Å². The molecule has 0 amide bonds. The fourth-order valence-electron chi connectivity index (χ4n) is 2.34. The number of anilines is 1. The second-order valence-electron chi connectivity index (χ2n) is 4.80. The molecule has 0 spiro atoms. The highest BCUT2D eigenvalue weighted by Gasteiger charge is 2.29. The van der Waals surface area contributed by atoms with Gasteiger partial charge in [0.05, 0.1) is 12.2 Å². The molecule has 2 atom stereocenters. The van der Waals surface area contributed by atoms with Crippen molar-refractivity contribution in [2.24, 2.45) is 0 Å². The van der Waals surface area contributed by atoms with Crippen LogP contribution in [0.25, 0.3) is 0 Å². The third-order valence-electron chi connectivity index (χ3n) is 3.08. The van der Waals surface area contributed by atoms with Crippen LogP contribution in [0.5, 0.6) is 0 Å². The molecule has 2 rings (SSSR count). The number of H-pyrrole nitrogens is 1. The number of halogens is 1. The van der Waals surface area contributed by atoms with Crippen LogP contribution < -0.4 is 9.88 Å². The topological polar surface area (TPSA) is 50.4 Å². The van der Waals surface area contributed by atoms with Crippen molar-refractivity contribution in [3.63, 3.8) is 0 Å². The Bertz CT molecular complexity index is 464. The summed E-state index contributed by atoms with van der Waals surface area (Å²) in [6.07, 6.45) is 0.383. The van der Waals surface area contributed by atoms with Crippen molar-refractivity contribution in [3.05, 3.63) is 22.3 Å². The molecular weight excluding hydrogens is 250 g/mol. The van der Waals surface area contributed by atoms with Gasteiger partial charge in [-0.15, -0.1) is 0 Å². The minimum atomic E-state index is 0.192. The monoisotopic (exact) mass is 266 g/mol. The predicted molar refractivity (Wildman–Crippen MR) is 69.7 cm³/mol. The summed E-state index contributed by atoms with van der Waals surface area (Å²) in [6, 6.07) is 4.07. The minimum Gasteiger partial charge on any atom is -0.367 e. The number of rotatable bonds is 1. The number of hydrogen-bond acceptors (Lipinski definition) is 3. The van der Waals surface area contributed by atoms with Gasteiger partial charge >= 0.3 is 0 Å². The fourth-order valence-corrected chi connectivity index (χ4v) is 2.63. The van der Waals surface area contributed by atoms with Gasteiger partial charge in [-0.25, -0.2) is 4.98 Å². The van der Waals surface area contributed by atoms with Crippen molar-refractivity contribution in [1.82, 2.24) is 0 Å². The van der Waals surface area contributed by atoms with Crippen LogP contribution in [0.15, 0.2) is 6.07 Å². The minimum absolute atomic E-state index is 0.192. The van der Waals surface area contributed by atoms with Gasteiger partial charge in [-0.1, -0.05) is 0 Å². The lowest BCUT2D eigenvalue weighted by Crippen LogP contribution is -2.47. The molecule has 1 aliphatic rings. The molecule has 0 saturated carbocycles. The third kappa shape index (κ3) is 2.58. The summed E-state index contributed by atoms with van der Waals surface area (Å²) in [5.41, 5.74) is 1.40. The van der Waals surface area contributed by atoms with E-state index in [-0.39, 0.29) is 12.2 Å². The maximum Gasteiger partial charge on any atom is 0.275 e. The Morgan fingerprint density at radius 3 is 2.56 bits per heavy atom. The van der Waals surface area contributed by atoms with Gasteiger partial charge in [-0.2, -0.15) is 5.26 Å². The standard InChI is InChI=1S/C13H16ClN3O/c1-8-4-12(16-13(14)11(8)5-15)17-6-9(2)18-10(3)7-17/h4,9-10H,6-7H2,1-3H3/p+1/t9-,10+. The van der Waals surface area contributed by atoms with Crippen LogP contribution >= 0.6 is 11.6 Å². The smallest absolute Gasteiger partial charge is 0.275 e. The van der Waals surface area contributed by atoms with Crippen molar-refractivity contribution in [2.75, 3.05) is 18.0 Å². The Hall–Kier alpha value is -1.31. The molecular formula is C13H17ClN3O+. The molecule has 0 unspecified atom stereocenters. The van der Waals surface area contributed by atoms with Crippen molar-refractivity contribution in [1.29, 1.82) is 5.26 Å². The molecule has 1 saturated heterocycles. The van der Waals surface area contributed by atoms with E-state index in [1.54, 1.807) is 0 Å². The first-order valence-corrected chi connectivity index (χ1v) is 6.42. The molecule has 1 aromatic heterocycles. The van der Waals surface area contributed by atoms with Crippen molar-refractivity contribution >= 4 is 17.4 Å². The summed E-state index contributed by atoms with van der Waals surface area (Å²) in [7, 11) is 0. The zero-order valence-electron chi connectivity index (χ0n) is 10.8. The number of nitrogens with one attached hydrogen (secondary N) is 1. The lowest BCUT2D eigenvalue weighted by atomic mass is 10.1. The quantitative estimate of drug-likeness (QED) is 0.730. The van der Waals surface area contributed by atoms with E-state index in [4.69, 9.17) is 21.6 Å². The molecule has 18 heavy (non-hydrogen) atoms. The van der Waals surface area contributed by atoms with Gasteiger partial charge in [0.1, 0.15) is 24.7 Å². The molecule has 2 heterocycles. The van der Waals surface area contributed by atoms with Gasteiger partial charge in [0.25, 0.3) is 5.82 Å². The largest absolute Gasteiger partial charge is 0.367 e. The number of nitriles is 1. The summed E-state index contributed by atoms with van der Waals surface area (Å²) in [6.45, 7) is 7.65. The molecule has 5 heteroatoms. The summed E-state index contributed by atoms with van der Waals surface area (Å²) in [5.74, 6) is 0.943. The van der Waals surface area contributed by atoms with Gasteiger partial charge in [-0.3, -0.25) is 4.90 Å². The van der Waals surface area contributed by atoms with Crippen LogP contribution in [-0.4, -0.2) is 25.3 Å². The van der Waals surface area contributed by atoms with Gasteiger partial charge < -0.3 is 4.74 Å². The molecule has 0 bridgehead atoms. The average Bonchev–Trinajstić information content (AvgIpc) is 2.27. The van der Waals surface area contributed by atoms with E-state index >= 15 is 0 Å². The van der Waals surface area contributed by atoms with E-state index < -0.39 is 0 Å². The number of ether oxygens (including phenoxy) is 1. The molecule has 1 aromatic rings. The van der Waals surface area contributed by atoms with E-state index in [2.05, 4.69) is 29.8 Å². The Labute approximate surface area is 112 Å². The molecule has 0 aliphatic carbocycles. The predicted octanol–water partition coefficient (Wildman–Crippen LogP) is 1.95. The number of nitrogens with zero attached hydrogens (tertiary/aromatic N) is 2. The summed E-state index contributed by atoms with van der Waals surface area (Å²) >= 11 is 6.09. The SMILES string of the molecule is Cc1cc(N2C[C@@H](C)O[C@@H](C)C2)[nH+]c(Cl)c1C#N. The Morgan fingerprint density at radius 1 is 1.44 bits per heavy atom.